The second-order valence-electron chi connectivity index (χ2n) is 5.28. The van der Waals surface area contributed by atoms with Crippen LogP contribution in [-0.4, -0.2) is 35.3 Å². The van der Waals surface area contributed by atoms with Gasteiger partial charge < -0.3 is 10.2 Å². The van der Waals surface area contributed by atoms with Crippen LogP contribution >= 0.6 is 0 Å². The molecular formula is C13H22N2O2. The van der Waals surface area contributed by atoms with Gasteiger partial charge in [-0.3, -0.25) is 9.59 Å². The lowest BCUT2D eigenvalue weighted by molar-refractivity contribution is -0.134. The summed E-state index contributed by atoms with van der Waals surface area (Å²) in [5, 5.41) is 2.68. The van der Waals surface area contributed by atoms with Gasteiger partial charge in [0.1, 0.15) is 0 Å². The van der Waals surface area contributed by atoms with E-state index in [0.29, 0.717) is 12.5 Å². The molecule has 2 rings (SSSR count). The third-order valence-electron chi connectivity index (χ3n) is 3.90. The lowest BCUT2D eigenvalue weighted by Gasteiger charge is -2.34. The molecule has 1 unspecified atom stereocenters. The molecule has 1 heterocycles. The average molecular weight is 238 g/mol. The maximum atomic E-state index is 12.1. The Balaban J connectivity index is 2.09. The minimum Gasteiger partial charge on any atom is -0.347 e. The van der Waals surface area contributed by atoms with E-state index in [9.17, 15) is 9.59 Å². The number of hydrogen-bond donors (Lipinski definition) is 1. The number of rotatable bonds is 1. The molecule has 0 aromatic rings. The fraction of sp³-hybridized carbons (Fsp3) is 0.846. The van der Waals surface area contributed by atoms with E-state index in [4.69, 9.17) is 0 Å². The summed E-state index contributed by atoms with van der Waals surface area (Å²) < 4.78 is 0. The number of amides is 2. The van der Waals surface area contributed by atoms with Crippen LogP contribution in [0.3, 0.4) is 0 Å². The number of nitrogens with zero attached hydrogens (tertiary/aromatic N) is 1. The summed E-state index contributed by atoms with van der Waals surface area (Å²) in [5.74, 6) is 0.0946. The van der Waals surface area contributed by atoms with E-state index in [2.05, 4.69) is 5.32 Å². The summed E-state index contributed by atoms with van der Waals surface area (Å²) in [4.78, 5) is 25.5. The molecule has 2 amide bonds. The highest BCUT2D eigenvalue weighted by Gasteiger charge is 2.32. The molecular weight excluding hydrogens is 216 g/mol. The van der Waals surface area contributed by atoms with Gasteiger partial charge in [-0.05, 0) is 19.8 Å². The van der Waals surface area contributed by atoms with Crippen LogP contribution in [0, 0.1) is 0 Å². The van der Waals surface area contributed by atoms with Gasteiger partial charge in [0.05, 0.1) is 6.54 Å². The van der Waals surface area contributed by atoms with Crippen molar-refractivity contribution < 1.29 is 9.59 Å². The molecule has 2 fully saturated rings. The largest absolute Gasteiger partial charge is 0.347 e. The molecule has 0 aromatic heterocycles. The fourth-order valence-electron chi connectivity index (χ4n) is 3.05. The van der Waals surface area contributed by atoms with E-state index in [1.165, 1.54) is 25.7 Å². The van der Waals surface area contributed by atoms with Crippen LogP contribution in [0.2, 0.25) is 0 Å². The van der Waals surface area contributed by atoms with Crippen LogP contribution < -0.4 is 5.32 Å². The Labute approximate surface area is 103 Å². The lowest BCUT2D eigenvalue weighted by Crippen LogP contribution is -2.46. The zero-order valence-electron chi connectivity index (χ0n) is 10.6. The van der Waals surface area contributed by atoms with Crippen LogP contribution in [0.25, 0.3) is 0 Å². The Bertz CT molecular complexity index is 296. The van der Waals surface area contributed by atoms with Crippen LogP contribution in [-0.2, 0) is 9.59 Å². The normalized spacial score (nSPS) is 28.5. The first kappa shape index (κ1) is 12.4. The summed E-state index contributed by atoms with van der Waals surface area (Å²) in [6, 6.07) is 0.404. The Morgan fingerprint density at radius 1 is 1.12 bits per heavy atom. The highest BCUT2D eigenvalue weighted by molar-refractivity contribution is 5.87. The second kappa shape index (κ2) is 5.52. The van der Waals surface area contributed by atoms with Crippen molar-refractivity contribution in [1.82, 2.24) is 10.2 Å². The van der Waals surface area contributed by atoms with E-state index in [1.54, 1.807) is 0 Å². The molecule has 1 atom stereocenters. The SMILES string of the molecule is CC1CC(=O)NCC(=O)N1C1CCCCCC1. The van der Waals surface area contributed by atoms with Crippen LogP contribution in [0.15, 0.2) is 0 Å². The number of carbonyl (C=O) groups excluding carboxylic acids is 2. The van der Waals surface area contributed by atoms with E-state index >= 15 is 0 Å². The quantitative estimate of drug-likeness (QED) is 0.703. The van der Waals surface area contributed by atoms with Crippen molar-refractivity contribution in [2.75, 3.05) is 6.54 Å². The van der Waals surface area contributed by atoms with E-state index < -0.39 is 0 Å². The number of carbonyl (C=O) groups is 2. The number of nitrogens with one attached hydrogen (secondary N) is 1. The van der Waals surface area contributed by atoms with Gasteiger partial charge in [0.2, 0.25) is 11.8 Å². The zero-order chi connectivity index (χ0) is 12.3. The van der Waals surface area contributed by atoms with Gasteiger partial charge >= 0.3 is 0 Å². The minimum absolute atomic E-state index is 0.00183. The zero-order valence-corrected chi connectivity index (χ0v) is 10.6. The van der Waals surface area contributed by atoms with Gasteiger partial charge in [-0.25, -0.2) is 0 Å². The fourth-order valence-corrected chi connectivity index (χ4v) is 3.05. The summed E-state index contributed by atoms with van der Waals surface area (Å²) in [6.45, 7) is 2.17. The van der Waals surface area contributed by atoms with Gasteiger partial charge in [0, 0.05) is 18.5 Å². The molecule has 1 aliphatic carbocycles. The molecule has 4 nitrogen and oxygen atoms in total. The molecule has 0 spiro atoms. The topological polar surface area (TPSA) is 49.4 Å². The molecule has 1 aliphatic heterocycles. The van der Waals surface area contributed by atoms with Crippen molar-refractivity contribution in [3.63, 3.8) is 0 Å². The molecule has 2 aliphatic rings. The standard InChI is InChI=1S/C13H22N2O2/c1-10-8-12(16)14-9-13(17)15(10)11-6-4-2-3-5-7-11/h10-11H,2-9H2,1H3,(H,14,16). The predicted octanol–water partition coefficient (Wildman–Crippen LogP) is 1.45. The molecule has 0 bridgehead atoms. The first-order chi connectivity index (χ1) is 8.18. The molecule has 0 aromatic carbocycles. The van der Waals surface area contributed by atoms with E-state index in [1.807, 2.05) is 11.8 Å². The van der Waals surface area contributed by atoms with Crippen molar-refractivity contribution in [2.24, 2.45) is 0 Å². The van der Waals surface area contributed by atoms with E-state index in [-0.39, 0.29) is 24.4 Å². The lowest BCUT2D eigenvalue weighted by atomic mass is 10.0. The van der Waals surface area contributed by atoms with Crippen LogP contribution in [0.5, 0.6) is 0 Å². The van der Waals surface area contributed by atoms with Crippen molar-refractivity contribution in [3.05, 3.63) is 0 Å². The third-order valence-corrected chi connectivity index (χ3v) is 3.90. The predicted molar refractivity (Wildman–Crippen MR) is 65.4 cm³/mol. The second-order valence-corrected chi connectivity index (χ2v) is 5.28. The average Bonchev–Trinajstić information content (AvgIpc) is 2.60. The van der Waals surface area contributed by atoms with E-state index in [0.717, 1.165) is 12.8 Å². The summed E-state index contributed by atoms with van der Waals surface area (Å²) in [6.07, 6.45) is 7.63. The summed E-state index contributed by atoms with van der Waals surface area (Å²) >= 11 is 0. The molecule has 96 valence electrons. The Kier molecular flexibility index (Phi) is 4.02. The van der Waals surface area contributed by atoms with Crippen molar-refractivity contribution >= 4 is 11.8 Å². The molecule has 1 saturated carbocycles. The van der Waals surface area contributed by atoms with Crippen LogP contribution in [0.1, 0.15) is 51.9 Å². The maximum Gasteiger partial charge on any atom is 0.242 e. The van der Waals surface area contributed by atoms with Gasteiger partial charge in [-0.2, -0.15) is 0 Å². The van der Waals surface area contributed by atoms with Gasteiger partial charge in [0.15, 0.2) is 0 Å². The number of hydrogen-bond acceptors (Lipinski definition) is 2. The maximum absolute atomic E-state index is 12.1. The minimum atomic E-state index is 0.00183. The van der Waals surface area contributed by atoms with Crippen molar-refractivity contribution in [1.29, 1.82) is 0 Å². The smallest absolute Gasteiger partial charge is 0.242 e. The first-order valence-corrected chi connectivity index (χ1v) is 6.76. The summed E-state index contributed by atoms with van der Waals surface area (Å²) in [5.41, 5.74) is 0. The molecule has 1 saturated heterocycles. The summed E-state index contributed by atoms with van der Waals surface area (Å²) in [7, 11) is 0. The Morgan fingerprint density at radius 3 is 2.41 bits per heavy atom. The Morgan fingerprint density at radius 2 is 1.76 bits per heavy atom. The van der Waals surface area contributed by atoms with Gasteiger partial charge in [-0.1, -0.05) is 25.7 Å². The Hall–Kier alpha value is -1.06. The van der Waals surface area contributed by atoms with Gasteiger partial charge in [0.25, 0.3) is 0 Å². The molecule has 17 heavy (non-hydrogen) atoms. The highest BCUT2D eigenvalue weighted by Crippen LogP contribution is 2.25. The molecule has 4 heteroatoms. The third kappa shape index (κ3) is 2.99. The van der Waals surface area contributed by atoms with Crippen LogP contribution in [0.4, 0.5) is 0 Å². The van der Waals surface area contributed by atoms with Crippen molar-refractivity contribution in [3.8, 4) is 0 Å². The first-order valence-electron chi connectivity index (χ1n) is 6.76. The van der Waals surface area contributed by atoms with Crippen molar-refractivity contribution in [2.45, 2.75) is 64.0 Å². The molecule has 0 radical (unpaired) electrons. The molecule has 1 N–H and O–H groups in total. The highest BCUT2D eigenvalue weighted by atomic mass is 16.2. The van der Waals surface area contributed by atoms with Gasteiger partial charge in [-0.15, -0.1) is 0 Å². The monoisotopic (exact) mass is 238 g/mol.